The van der Waals surface area contributed by atoms with Crippen molar-refractivity contribution in [1.82, 2.24) is 30.0 Å². The average Bonchev–Trinajstić information content (AvgIpc) is 3.94. The predicted octanol–water partition coefficient (Wildman–Crippen LogP) is 6.11. The molecule has 8 rings (SSSR count). The number of likely N-dealkylation sites (N-methyl/N-ethyl adjacent to an activating group) is 1. The largest absolute Gasteiger partial charge is 0.459 e. The van der Waals surface area contributed by atoms with Crippen molar-refractivity contribution in [3.8, 4) is 23.7 Å². The third kappa shape index (κ3) is 7.65. The minimum Gasteiger partial charge on any atom is -0.459 e. The molecule has 2 fully saturated rings. The number of thiophene rings is 1. The highest BCUT2D eigenvalue weighted by Gasteiger charge is 2.54. The van der Waals surface area contributed by atoms with E-state index in [2.05, 4.69) is 123 Å². The van der Waals surface area contributed by atoms with Gasteiger partial charge in [0, 0.05) is 23.0 Å². The third-order valence-corrected chi connectivity index (χ3v) is 18.7. The van der Waals surface area contributed by atoms with Crippen molar-refractivity contribution in [3.63, 3.8) is 0 Å². The van der Waals surface area contributed by atoms with E-state index >= 15 is 0 Å². The van der Waals surface area contributed by atoms with E-state index in [1.165, 1.54) is 21.7 Å². The van der Waals surface area contributed by atoms with E-state index in [1.807, 2.05) is 6.92 Å². The summed E-state index contributed by atoms with van der Waals surface area (Å²) in [6.07, 6.45) is 4.43. The van der Waals surface area contributed by atoms with E-state index in [1.54, 1.807) is 0 Å². The van der Waals surface area contributed by atoms with Crippen molar-refractivity contribution in [2.45, 2.75) is 102 Å². The number of ether oxygens (including phenoxy) is 2. The number of aryl methyl sites for hydroxylation is 1. The minimum atomic E-state index is -2.98. The fourth-order valence-corrected chi connectivity index (χ4v) is 15.5. The lowest BCUT2D eigenvalue weighted by Crippen LogP contribution is -2.70. The highest BCUT2D eigenvalue weighted by atomic mass is 32.1. The predicted molar refractivity (Wildman–Crippen MR) is 232 cm³/mol. The summed E-state index contributed by atoms with van der Waals surface area (Å²) in [5.74, 6) is 1.25. The molecule has 1 aliphatic carbocycles. The lowest BCUT2D eigenvalue weighted by atomic mass is 9.72. The highest BCUT2D eigenvalue weighted by molar-refractivity contribution is 7.16. The number of nitriles is 1. The summed E-state index contributed by atoms with van der Waals surface area (Å²) >= 11 is 1.47. The lowest BCUT2D eigenvalue weighted by molar-refractivity contribution is -0.000402. The van der Waals surface area contributed by atoms with Crippen LogP contribution in [0.2, 0.25) is 5.04 Å². The summed E-state index contributed by atoms with van der Waals surface area (Å²) in [5, 5.41) is 17.2. The van der Waals surface area contributed by atoms with Crippen LogP contribution >= 0.6 is 11.3 Å². The zero-order valence-electron chi connectivity index (χ0n) is 35.2. The topological polar surface area (TPSA) is 162 Å². The number of fused-ring (bicyclic) bond motifs is 1. The van der Waals surface area contributed by atoms with Crippen LogP contribution in [0.3, 0.4) is 0 Å². The first-order valence-electron chi connectivity index (χ1n) is 20.7. The van der Waals surface area contributed by atoms with Gasteiger partial charge in [0.15, 0.2) is 0 Å². The van der Waals surface area contributed by atoms with Crippen molar-refractivity contribution in [1.29, 1.82) is 5.26 Å². The number of nitrogen functional groups attached to an aromatic ring is 1. The molecule has 0 amide bonds. The van der Waals surface area contributed by atoms with E-state index in [4.69, 9.17) is 44.1 Å². The number of likely N-dealkylation sites (tertiary alicyclic amines) is 1. The molecule has 3 aromatic heterocycles. The molecule has 0 radical (unpaired) electrons. The first kappa shape index (κ1) is 41.0. The second kappa shape index (κ2) is 16.0. The van der Waals surface area contributed by atoms with Gasteiger partial charge in [-0.2, -0.15) is 25.2 Å². The second-order valence-corrected chi connectivity index (χ2v) is 23.2. The van der Waals surface area contributed by atoms with Gasteiger partial charge < -0.3 is 29.1 Å². The number of nitrogens with zero attached hydrogens (tertiary/aromatic N) is 8. The maximum absolute atomic E-state index is 10.1. The Morgan fingerprint density at radius 1 is 0.983 bits per heavy atom. The maximum Gasteiger partial charge on any atom is 0.322 e. The quantitative estimate of drug-likeness (QED) is 0.161. The van der Waals surface area contributed by atoms with Gasteiger partial charge in [0.05, 0.1) is 36.3 Å². The number of hydrogen-bond acceptors (Lipinski definition) is 14. The molecule has 59 heavy (non-hydrogen) atoms. The van der Waals surface area contributed by atoms with Gasteiger partial charge in [0.25, 0.3) is 8.32 Å². The van der Waals surface area contributed by atoms with Crippen LogP contribution in [-0.4, -0.2) is 96.0 Å². The monoisotopic (exact) mass is 833 g/mol. The molecule has 2 N–H and O–H groups in total. The van der Waals surface area contributed by atoms with E-state index in [9.17, 15) is 5.26 Å². The third-order valence-electron chi connectivity index (χ3n) is 12.4. The average molecular weight is 834 g/mol. The van der Waals surface area contributed by atoms with Gasteiger partial charge in [0.1, 0.15) is 17.2 Å². The van der Waals surface area contributed by atoms with E-state index in [0.29, 0.717) is 48.7 Å². The summed E-state index contributed by atoms with van der Waals surface area (Å²) in [7, 11) is -0.853. The molecule has 0 spiro atoms. The van der Waals surface area contributed by atoms with Gasteiger partial charge in [-0.1, -0.05) is 86.6 Å². The van der Waals surface area contributed by atoms with Gasteiger partial charge in [-0.25, -0.2) is 0 Å². The van der Waals surface area contributed by atoms with E-state index in [0.717, 1.165) is 49.1 Å². The zero-order valence-corrected chi connectivity index (χ0v) is 37.0. The van der Waals surface area contributed by atoms with Gasteiger partial charge >= 0.3 is 6.01 Å². The summed E-state index contributed by atoms with van der Waals surface area (Å²) in [4.78, 5) is 25.3. The number of rotatable bonds is 10. The van der Waals surface area contributed by atoms with Gasteiger partial charge in [-0.3, -0.25) is 4.90 Å². The highest BCUT2D eigenvalue weighted by Crippen LogP contribution is 2.48. The molecule has 310 valence electrons. The molecule has 0 saturated carbocycles. The van der Waals surface area contributed by atoms with Crippen molar-refractivity contribution in [2.24, 2.45) is 0 Å². The molecule has 15 heteroatoms. The van der Waals surface area contributed by atoms with Crippen molar-refractivity contribution >= 4 is 41.0 Å². The van der Waals surface area contributed by atoms with Crippen molar-refractivity contribution < 1.29 is 18.4 Å². The molecular formula is C44H55N9O4SSi. The molecule has 13 nitrogen and oxygen atoms in total. The number of nitrogens with two attached hydrogens (primary N) is 1. The molecule has 1 unspecified atom stereocenters. The molecule has 4 atom stereocenters. The van der Waals surface area contributed by atoms with Gasteiger partial charge in [-0.05, 0) is 81.9 Å². The van der Waals surface area contributed by atoms with Crippen LogP contribution in [-0.2, 0) is 21.0 Å². The summed E-state index contributed by atoms with van der Waals surface area (Å²) in [5.41, 5.74) is 6.23. The van der Waals surface area contributed by atoms with Crippen LogP contribution < -0.4 is 25.7 Å². The van der Waals surface area contributed by atoms with Gasteiger partial charge in [-0.15, -0.1) is 11.3 Å². The zero-order chi connectivity index (χ0) is 41.6. The Hall–Kier alpha value is -4.72. The summed E-state index contributed by atoms with van der Waals surface area (Å²) in [6, 6.07) is 24.1. The Kier molecular flexibility index (Phi) is 11.2. The van der Waals surface area contributed by atoms with E-state index in [-0.39, 0.29) is 34.8 Å². The lowest BCUT2D eigenvalue weighted by Gasteiger charge is -2.48. The first-order valence-corrected chi connectivity index (χ1v) is 23.4. The summed E-state index contributed by atoms with van der Waals surface area (Å²) < 4.78 is 26.8. The first-order chi connectivity index (χ1) is 28.2. The fraction of sp³-hybridized carbons (Fsp3) is 0.500. The van der Waals surface area contributed by atoms with Crippen molar-refractivity contribution in [3.05, 3.63) is 82.6 Å². The molecule has 2 aromatic carbocycles. The van der Waals surface area contributed by atoms with Crippen LogP contribution in [0, 0.1) is 11.3 Å². The fourth-order valence-electron chi connectivity index (χ4n) is 9.50. The van der Waals surface area contributed by atoms with E-state index < -0.39 is 19.3 Å². The van der Waals surface area contributed by atoms with Crippen LogP contribution in [0.15, 0.2) is 65.2 Å². The Morgan fingerprint density at radius 3 is 2.34 bits per heavy atom. The maximum atomic E-state index is 10.1. The number of benzene rings is 2. The summed E-state index contributed by atoms with van der Waals surface area (Å²) in [6.45, 7) is 15.9. The minimum absolute atomic E-state index is 0.185. The Balaban J connectivity index is 1.19. The molecular weight excluding hydrogens is 779 g/mol. The Morgan fingerprint density at radius 2 is 1.69 bits per heavy atom. The number of hydrogen-bond donors (Lipinski definition) is 1. The smallest absolute Gasteiger partial charge is 0.322 e. The molecule has 3 aliphatic rings. The molecule has 5 aromatic rings. The van der Waals surface area contributed by atoms with Crippen LogP contribution in [0.4, 0.5) is 10.9 Å². The molecule has 2 saturated heterocycles. The van der Waals surface area contributed by atoms with Crippen LogP contribution in [0.25, 0.3) is 11.6 Å². The standard InChI is InChI=1S/C44H55N9O4SSi/c1-29(33-20-15-23-52(33)7)55-41-49-37(38-47-39(56-51-38)44(6)22-14-21-34-35(44)32(26-45)36(46)58-34)48-40(50-41)53-24-25-54-28-43(5,27-53)57-59(42(2,3)4,30-16-10-8-11-17-30)31-18-12-9-13-19-31/h8-13,16-19,29,33H,14-15,20-25,27-28,46H2,1-7H3/t29-,33-,43?,44-/m0/s1. The van der Waals surface area contributed by atoms with Crippen LogP contribution in [0.5, 0.6) is 6.01 Å². The normalized spacial score (nSPS) is 23.4. The number of aromatic nitrogens is 5. The molecule has 2 aliphatic heterocycles. The number of anilines is 2. The second-order valence-electron chi connectivity index (χ2n) is 17.8. The Labute approximate surface area is 352 Å². The van der Waals surface area contributed by atoms with Crippen molar-refractivity contribution in [2.75, 3.05) is 50.5 Å². The Bertz CT molecular complexity index is 2270. The van der Waals surface area contributed by atoms with Gasteiger partial charge in [0.2, 0.25) is 23.5 Å². The SMILES string of the molecule is C[C@H](Oc1nc(-c2noc([C@@]3(C)CCCc4sc(N)c(C#N)c43)n2)nc(N2CCOCC(C)(O[Si](c3ccccc3)(c3ccccc3)C(C)(C)C)C2)n1)[C@@H]1CCCN1C. The molecule has 5 heterocycles. The molecule has 0 bridgehead atoms. The van der Waals surface area contributed by atoms with Crippen LogP contribution in [0.1, 0.15) is 89.1 Å².